The number of nitrogens with zero attached hydrogens (tertiary/aromatic N) is 1. The summed E-state index contributed by atoms with van der Waals surface area (Å²) < 4.78 is 4.73. The van der Waals surface area contributed by atoms with E-state index in [0.29, 0.717) is 12.6 Å². The maximum absolute atomic E-state index is 11.9. The largest absolute Gasteiger partial charge is 0.469 e. The molecule has 0 bridgehead atoms. The lowest BCUT2D eigenvalue weighted by Gasteiger charge is -2.34. The molecule has 2 fully saturated rings. The van der Waals surface area contributed by atoms with Gasteiger partial charge in [-0.15, -0.1) is 0 Å². The Hall–Kier alpha value is -1.26. The van der Waals surface area contributed by atoms with Crippen molar-refractivity contribution in [2.75, 3.05) is 20.2 Å². The second-order valence-corrected chi connectivity index (χ2v) is 4.89. The van der Waals surface area contributed by atoms with Gasteiger partial charge in [0.1, 0.15) is 0 Å². The van der Waals surface area contributed by atoms with Crippen molar-refractivity contribution in [1.82, 2.24) is 10.2 Å². The molecule has 0 unspecified atom stereocenters. The van der Waals surface area contributed by atoms with Gasteiger partial charge in [0.25, 0.3) is 0 Å². The first-order valence-corrected chi connectivity index (χ1v) is 6.34. The maximum Gasteiger partial charge on any atom is 0.317 e. The number of methoxy groups -OCH3 is 1. The molecule has 2 aliphatic rings. The van der Waals surface area contributed by atoms with Gasteiger partial charge in [0.05, 0.1) is 13.0 Å². The summed E-state index contributed by atoms with van der Waals surface area (Å²) in [6, 6.07) is 0.323. The lowest BCUT2D eigenvalue weighted by Crippen LogP contribution is -2.51. The van der Waals surface area contributed by atoms with Gasteiger partial charge in [-0.2, -0.15) is 0 Å². The molecule has 0 spiro atoms. The summed E-state index contributed by atoms with van der Waals surface area (Å²) in [7, 11) is 1.40. The molecule has 2 amide bonds. The fourth-order valence-electron chi connectivity index (χ4n) is 2.34. The summed E-state index contributed by atoms with van der Waals surface area (Å²) in [5.74, 6) is -0.355. The van der Waals surface area contributed by atoms with Crippen molar-refractivity contribution in [2.24, 2.45) is 5.92 Å². The molecule has 0 radical (unpaired) electrons. The van der Waals surface area contributed by atoms with E-state index >= 15 is 0 Å². The Balaban J connectivity index is 1.83. The SMILES string of the molecule is COC(=O)[C@H]1CCCN(C(=O)NC2CCC2)C1. The number of rotatable bonds is 2. The van der Waals surface area contributed by atoms with Gasteiger partial charge in [-0.25, -0.2) is 4.79 Å². The molecule has 96 valence electrons. The highest BCUT2D eigenvalue weighted by molar-refractivity contribution is 5.77. The summed E-state index contributed by atoms with van der Waals surface area (Å²) in [6.07, 6.45) is 5.06. The van der Waals surface area contributed by atoms with Gasteiger partial charge in [0, 0.05) is 19.1 Å². The van der Waals surface area contributed by atoms with Gasteiger partial charge in [-0.3, -0.25) is 4.79 Å². The van der Waals surface area contributed by atoms with Crippen LogP contribution in [0, 0.1) is 5.92 Å². The maximum atomic E-state index is 11.9. The van der Waals surface area contributed by atoms with E-state index < -0.39 is 0 Å². The van der Waals surface area contributed by atoms with Crippen molar-refractivity contribution in [3.05, 3.63) is 0 Å². The molecule has 0 aromatic carbocycles. The predicted octanol–water partition coefficient (Wildman–Crippen LogP) is 1.13. The quantitative estimate of drug-likeness (QED) is 0.736. The van der Waals surface area contributed by atoms with E-state index in [-0.39, 0.29) is 17.9 Å². The molecule has 1 atom stereocenters. The number of ether oxygens (including phenoxy) is 1. The summed E-state index contributed by atoms with van der Waals surface area (Å²) in [6.45, 7) is 1.23. The third-order valence-corrected chi connectivity index (χ3v) is 3.68. The highest BCUT2D eigenvalue weighted by Gasteiger charge is 2.30. The van der Waals surface area contributed by atoms with Crippen LogP contribution in [0.15, 0.2) is 0 Å². The van der Waals surface area contributed by atoms with Crippen LogP contribution in [0.2, 0.25) is 0 Å². The van der Waals surface area contributed by atoms with E-state index in [0.717, 1.165) is 32.2 Å². The van der Waals surface area contributed by atoms with Crippen molar-refractivity contribution in [1.29, 1.82) is 0 Å². The molecule has 17 heavy (non-hydrogen) atoms. The highest BCUT2D eigenvalue weighted by atomic mass is 16.5. The number of carbonyl (C=O) groups excluding carboxylic acids is 2. The van der Waals surface area contributed by atoms with Crippen molar-refractivity contribution >= 4 is 12.0 Å². The number of nitrogens with one attached hydrogen (secondary N) is 1. The van der Waals surface area contributed by atoms with E-state index in [1.165, 1.54) is 13.5 Å². The van der Waals surface area contributed by atoms with Crippen LogP contribution in [-0.4, -0.2) is 43.1 Å². The second kappa shape index (κ2) is 5.38. The van der Waals surface area contributed by atoms with Gasteiger partial charge in [-0.05, 0) is 32.1 Å². The first kappa shape index (κ1) is 12.2. The minimum atomic E-state index is -0.203. The number of urea groups is 1. The first-order valence-electron chi connectivity index (χ1n) is 6.34. The summed E-state index contributed by atoms with van der Waals surface area (Å²) in [5, 5.41) is 3.00. The lowest BCUT2D eigenvalue weighted by atomic mass is 9.93. The highest BCUT2D eigenvalue weighted by Crippen LogP contribution is 2.21. The fourth-order valence-corrected chi connectivity index (χ4v) is 2.34. The van der Waals surface area contributed by atoms with Gasteiger partial charge in [0.2, 0.25) is 0 Å². The average molecular weight is 240 g/mol. The Bertz CT molecular complexity index is 302. The summed E-state index contributed by atoms with van der Waals surface area (Å²) in [5.41, 5.74) is 0. The van der Waals surface area contributed by atoms with Crippen LogP contribution in [0.25, 0.3) is 0 Å². The number of carbonyl (C=O) groups is 2. The molecule has 0 aromatic heterocycles. The van der Waals surface area contributed by atoms with Crippen molar-refractivity contribution in [3.8, 4) is 0 Å². The number of hydrogen-bond donors (Lipinski definition) is 1. The molecule has 2 rings (SSSR count). The Kier molecular flexibility index (Phi) is 3.86. The molecule has 1 aliphatic heterocycles. The van der Waals surface area contributed by atoms with Gasteiger partial charge < -0.3 is 15.0 Å². The summed E-state index contributed by atoms with van der Waals surface area (Å²) in [4.78, 5) is 25.1. The molecule has 5 nitrogen and oxygen atoms in total. The third kappa shape index (κ3) is 2.90. The standard InChI is InChI=1S/C12H20N2O3/c1-17-11(15)9-4-3-7-14(8-9)12(16)13-10-5-2-6-10/h9-10H,2-8H2,1H3,(H,13,16)/t9-/m0/s1. The van der Waals surface area contributed by atoms with Gasteiger partial charge >= 0.3 is 12.0 Å². The minimum absolute atomic E-state index is 0.0247. The molecular formula is C12H20N2O3. The first-order chi connectivity index (χ1) is 8.20. The van der Waals surface area contributed by atoms with Crippen molar-refractivity contribution in [2.45, 2.75) is 38.1 Å². The number of esters is 1. The number of likely N-dealkylation sites (tertiary alicyclic amines) is 1. The molecule has 0 aromatic rings. The monoisotopic (exact) mass is 240 g/mol. The van der Waals surface area contributed by atoms with Crippen LogP contribution in [0.3, 0.4) is 0 Å². The Morgan fingerprint density at radius 1 is 1.24 bits per heavy atom. The summed E-state index contributed by atoms with van der Waals surface area (Å²) >= 11 is 0. The molecule has 1 saturated heterocycles. The number of amides is 2. The van der Waals surface area contributed by atoms with Crippen LogP contribution in [-0.2, 0) is 9.53 Å². The van der Waals surface area contributed by atoms with Crippen LogP contribution >= 0.6 is 0 Å². The molecular weight excluding hydrogens is 220 g/mol. The number of piperidine rings is 1. The van der Waals surface area contributed by atoms with Crippen molar-refractivity contribution in [3.63, 3.8) is 0 Å². The minimum Gasteiger partial charge on any atom is -0.469 e. The molecule has 5 heteroatoms. The lowest BCUT2D eigenvalue weighted by molar-refractivity contribution is -0.146. The second-order valence-electron chi connectivity index (χ2n) is 4.89. The van der Waals surface area contributed by atoms with Crippen LogP contribution < -0.4 is 5.32 Å². The van der Waals surface area contributed by atoms with Crippen LogP contribution in [0.1, 0.15) is 32.1 Å². The van der Waals surface area contributed by atoms with Crippen molar-refractivity contribution < 1.29 is 14.3 Å². The zero-order chi connectivity index (χ0) is 12.3. The van der Waals surface area contributed by atoms with Crippen LogP contribution in [0.5, 0.6) is 0 Å². The van der Waals surface area contributed by atoms with E-state index in [2.05, 4.69) is 5.32 Å². The smallest absolute Gasteiger partial charge is 0.317 e. The Morgan fingerprint density at radius 3 is 2.59 bits per heavy atom. The van der Waals surface area contributed by atoms with Gasteiger partial charge in [0.15, 0.2) is 0 Å². The Morgan fingerprint density at radius 2 is 2.00 bits per heavy atom. The van der Waals surface area contributed by atoms with E-state index in [1.807, 2.05) is 0 Å². The molecule has 1 saturated carbocycles. The van der Waals surface area contributed by atoms with E-state index in [4.69, 9.17) is 4.74 Å². The van der Waals surface area contributed by atoms with Crippen LogP contribution in [0.4, 0.5) is 4.79 Å². The van der Waals surface area contributed by atoms with E-state index in [9.17, 15) is 9.59 Å². The molecule has 1 heterocycles. The normalized spacial score (nSPS) is 25.0. The zero-order valence-electron chi connectivity index (χ0n) is 10.3. The van der Waals surface area contributed by atoms with E-state index in [1.54, 1.807) is 4.90 Å². The fraction of sp³-hybridized carbons (Fsp3) is 0.833. The zero-order valence-corrected chi connectivity index (χ0v) is 10.3. The Labute approximate surface area is 101 Å². The molecule has 1 N–H and O–H groups in total. The third-order valence-electron chi connectivity index (χ3n) is 3.68. The average Bonchev–Trinajstić information content (AvgIpc) is 2.32. The number of hydrogen-bond acceptors (Lipinski definition) is 3. The predicted molar refractivity (Wildman–Crippen MR) is 62.5 cm³/mol. The topological polar surface area (TPSA) is 58.6 Å². The van der Waals surface area contributed by atoms with Gasteiger partial charge in [-0.1, -0.05) is 0 Å². The molecule has 1 aliphatic carbocycles.